The first-order valence-corrected chi connectivity index (χ1v) is 9.63. The number of methoxy groups -OCH3 is 1. The Kier molecular flexibility index (Phi) is 7.65. The van der Waals surface area contributed by atoms with Crippen LogP contribution in [0.4, 0.5) is 10.1 Å². The number of amides is 1. The number of carbonyl (C=O) groups excluding carboxylic acids is 1. The molecular weight excluding hydrogens is 409 g/mol. The van der Waals surface area contributed by atoms with Gasteiger partial charge in [0.15, 0.2) is 5.75 Å². The Bertz CT molecular complexity index is 995. The zero-order valence-electron chi connectivity index (χ0n) is 16.4. The Morgan fingerprint density at radius 3 is 2.53 bits per heavy atom. The SMILES string of the molecule is COCCOc1c(Cl)cccc1NC(=O)c1cccc(OCc2ccc(F)cc2)c1. The predicted molar refractivity (Wildman–Crippen MR) is 114 cm³/mol. The molecule has 0 bridgehead atoms. The molecule has 0 aromatic heterocycles. The highest BCUT2D eigenvalue weighted by molar-refractivity contribution is 6.32. The third-order valence-corrected chi connectivity index (χ3v) is 4.46. The fourth-order valence-corrected chi connectivity index (χ4v) is 2.88. The summed E-state index contributed by atoms with van der Waals surface area (Å²) in [5, 5.41) is 3.20. The number of hydrogen-bond acceptors (Lipinski definition) is 4. The summed E-state index contributed by atoms with van der Waals surface area (Å²) in [7, 11) is 1.57. The molecule has 0 aliphatic carbocycles. The largest absolute Gasteiger partial charge is 0.489 e. The number of halogens is 2. The van der Waals surface area contributed by atoms with Gasteiger partial charge in [0.25, 0.3) is 5.91 Å². The van der Waals surface area contributed by atoms with Crippen molar-refractivity contribution in [3.63, 3.8) is 0 Å². The maximum Gasteiger partial charge on any atom is 0.255 e. The molecule has 0 atom stereocenters. The number of anilines is 1. The van der Waals surface area contributed by atoms with Gasteiger partial charge in [-0.2, -0.15) is 0 Å². The van der Waals surface area contributed by atoms with Crippen LogP contribution >= 0.6 is 11.6 Å². The van der Waals surface area contributed by atoms with Gasteiger partial charge in [-0.3, -0.25) is 4.79 Å². The van der Waals surface area contributed by atoms with E-state index in [0.717, 1.165) is 5.56 Å². The Balaban J connectivity index is 1.68. The fraction of sp³-hybridized carbons (Fsp3) is 0.174. The lowest BCUT2D eigenvalue weighted by molar-refractivity contribution is 0.102. The van der Waals surface area contributed by atoms with Crippen LogP contribution in [0, 0.1) is 5.82 Å². The van der Waals surface area contributed by atoms with E-state index in [1.807, 2.05) is 0 Å². The molecule has 0 saturated heterocycles. The van der Waals surface area contributed by atoms with Gasteiger partial charge in [-0.05, 0) is 48.0 Å². The van der Waals surface area contributed by atoms with E-state index in [1.165, 1.54) is 12.1 Å². The highest BCUT2D eigenvalue weighted by Crippen LogP contribution is 2.33. The van der Waals surface area contributed by atoms with Gasteiger partial charge in [-0.25, -0.2) is 4.39 Å². The minimum atomic E-state index is -0.332. The number of hydrogen-bond donors (Lipinski definition) is 1. The average Bonchev–Trinajstić information content (AvgIpc) is 2.75. The Morgan fingerprint density at radius 2 is 1.77 bits per heavy atom. The van der Waals surface area contributed by atoms with E-state index >= 15 is 0 Å². The van der Waals surface area contributed by atoms with Gasteiger partial charge < -0.3 is 19.5 Å². The van der Waals surface area contributed by atoms with E-state index in [0.29, 0.717) is 41.0 Å². The van der Waals surface area contributed by atoms with Crippen molar-refractivity contribution in [2.24, 2.45) is 0 Å². The van der Waals surface area contributed by atoms with Crippen LogP contribution in [0.1, 0.15) is 15.9 Å². The number of rotatable bonds is 9. The molecule has 1 amide bonds. The van der Waals surface area contributed by atoms with Crippen LogP contribution in [0.5, 0.6) is 11.5 Å². The maximum atomic E-state index is 13.0. The molecule has 156 valence electrons. The monoisotopic (exact) mass is 429 g/mol. The van der Waals surface area contributed by atoms with Crippen LogP contribution in [0.25, 0.3) is 0 Å². The summed E-state index contributed by atoms with van der Waals surface area (Å²) >= 11 is 6.21. The second-order valence-corrected chi connectivity index (χ2v) is 6.76. The second kappa shape index (κ2) is 10.6. The van der Waals surface area contributed by atoms with E-state index in [1.54, 1.807) is 61.7 Å². The minimum absolute atomic E-state index is 0.261. The van der Waals surface area contributed by atoms with Gasteiger partial charge in [-0.15, -0.1) is 0 Å². The van der Waals surface area contributed by atoms with Crippen molar-refractivity contribution >= 4 is 23.2 Å². The molecule has 30 heavy (non-hydrogen) atoms. The predicted octanol–water partition coefficient (Wildman–Crippen LogP) is 5.34. The highest BCUT2D eigenvalue weighted by atomic mass is 35.5. The summed E-state index contributed by atoms with van der Waals surface area (Å²) in [5.74, 6) is 0.271. The Hall–Kier alpha value is -3.09. The third-order valence-electron chi connectivity index (χ3n) is 4.16. The molecule has 0 aliphatic rings. The normalized spacial score (nSPS) is 10.5. The fourth-order valence-electron chi connectivity index (χ4n) is 2.65. The van der Waals surface area contributed by atoms with Crippen LogP contribution in [0.15, 0.2) is 66.7 Å². The summed E-state index contributed by atoms with van der Waals surface area (Å²) in [6, 6.07) is 18.0. The lowest BCUT2D eigenvalue weighted by Gasteiger charge is -2.14. The van der Waals surface area contributed by atoms with Gasteiger partial charge in [0.05, 0.1) is 17.3 Å². The zero-order valence-corrected chi connectivity index (χ0v) is 17.1. The van der Waals surface area contributed by atoms with Crippen LogP contribution in [0.2, 0.25) is 5.02 Å². The molecule has 0 saturated carbocycles. The molecule has 0 spiro atoms. The first kappa shape index (κ1) is 21.6. The minimum Gasteiger partial charge on any atom is -0.489 e. The first-order valence-electron chi connectivity index (χ1n) is 9.25. The van der Waals surface area contributed by atoms with Crippen molar-refractivity contribution in [2.75, 3.05) is 25.6 Å². The smallest absolute Gasteiger partial charge is 0.255 e. The molecule has 3 aromatic carbocycles. The topological polar surface area (TPSA) is 56.8 Å². The number of benzene rings is 3. The molecule has 0 radical (unpaired) electrons. The molecule has 7 heteroatoms. The maximum absolute atomic E-state index is 13.0. The molecule has 3 rings (SSSR count). The quantitative estimate of drug-likeness (QED) is 0.467. The van der Waals surface area contributed by atoms with Crippen molar-refractivity contribution in [3.05, 3.63) is 88.7 Å². The van der Waals surface area contributed by atoms with Gasteiger partial charge in [0.2, 0.25) is 0 Å². The molecule has 0 unspecified atom stereocenters. The van der Waals surface area contributed by atoms with Gasteiger partial charge in [-0.1, -0.05) is 35.9 Å². The molecule has 3 aromatic rings. The molecule has 1 N–H and O–H groups in total. The van der Waals surface area contributed by atoms with Gasteiger partial charge >= 0.3 is 0 Å². The zero-order chi connectivity index (χ0) is 21.3. The lowest BCUT2D eigenvalue weighted by atomic mass is 10.2. The van der Waals surface area contributed by atoms with E-state index in [9.17, 15) is 9.18 Å². The molecular formula is C23H21ClFNO4. The van der Waals surface area contributed by atoms with Crippen molar-refractivity contribution in [1.29, 1.82) is 0 Å². The number of ether oxygens (including phenoxy) is 3. The second-order valence-electron chi connectivity index (χ2n) is 6.35. The lowest BCUT2D eigenvalue weighted by Crippen LogP contribution is -2.14. The third kappa shape index (κ3) is 5.95. The van der Waals surface area contributed by atoms with Crippen molar-refractivity contribution in [2.45, 2.75) is 6.61 Å². The van der Waals surface area contributed by atoms with Crippen LogP contribution < -0.4 is 14.8 Å². The van der Waals surface area contributed by atoms with E-state index in [2.05, 4.69) is 5.32 Å². The average molecular weight is 430 g/mol. The van der Waals surface area contributed by atoms with Crippen molar-refractivity contribution in [1.82, 2.24) is 0 Å². The van der Waals surface area contributed by atoms with Crippen LogP contribution in [0.3, 0.4) is 0 Å². The van der Waals surface area contributed by atoms with Crippen LogP contribution in [-0.2, 0) is 11.3 Å². The van der Waals surface area contributed by atoms with Gasteiger partial charge in [0.1, 0.15) is 24.8 Å². The van der Waals surface area contributed by atoms with E-state index in [4.69, 9.17) is 25.8 Å². The Labute approximate surface area is 179 Å². The molecule has 0 aliphatic heterocycles. The standard InChI is InChI=1S/C23H21ClFNO4/c1-28-12-13-29-22-20(24)6-3-7-21(22)26-23(27)17-4-2-5-19(14-17)30-15-16-8-10-18(25)11-9-16/h2-11,14H,12-13,15H2,1H3,(H,26,27). The first-order chi connectivity index (χ1) is 14.6. The summed E-state index contributed by atoms with van der Waals surface area (Å²) in [6.07, 6.45) is 0. The van der Waals surface area contributed by atoms with E-state index < -0.39 is 0 Å². The number of carbonyl (C=O) groups is 1. The summed E-state index contributed by atoms with van der Waals surface area (Å²) < 4.78 is 29.3. The van der Waals surface area contributed by atoms with Crippen molar-refractivity contribution in [3.8, 4) is 11.5 Å². The highest BCUT2D eigenvalue weighted by Gasteiger charge is 2.13. The molecule has 0 heterocycles. The number of para-hydroxylation sites is 1. The van der Waals surface area contributed by atoms with Crippen LogP contribution in [-0.4, -0.2) is 26.2 Å². The Morgan fingerprint density at radius 1 is 1.00 bits per heavy atom. The summed E-state index contributed by atoms with van der Waals surface area (Å²) in [4.78, 5) is 12.7. The number of nitrogens with one attached hydrogen (secondary N) is 1. The summed E-state index contributed by atoms with van der Waals surface area (Å²) in [6.45, 7) is 0.957. The molecule has 0 fully saturated rings. The van der Waals surface area contributed by atoms with Gasteiger partial charge in [0, 0.05) is 12.7 Å². The molecule has 5 nitrogen and oxygen atoms in total. The van der Waals surface area contributed by atoms with Crippen molar-refractivity contribution < 1.29 is 23.4 Å². The van der Waals surface area contributed by atoms with E-state index in [-0.39, 0.29) is 18.3 Å². The summed E-state index contributed by atoms with van der Waals surface area (Å²) in [5.41, 5.74) is 1.69.